The molecule has 0 aromatic carbocycles. The Balaban J connectivity index is 0. The van der Waals surface area contributed by atoms with Crippen LogP contribution in [0.1, 0.15) is 45.4 Å². The molecular formula is C13H20NNaO3. The van der Waals surface area contributed by atoms with Gasteiger partial charge < -0.3 is 10.2 Å². The van der Waals surface area contributed by atoms with Gasteiger partial charge in [0.1, 0.15) is 0 Å². The van der Waals surface area contributed by atoms with Gasteiger partial charge in [-0.2, -0.15) is 0 Å². The van der Waals surface area contributed by atoms with Crippen molar-refractivity contribution in [2.45, 2.75) is 45.4 Å². The Hall–Kier alpha value is -0.580. The van der Waals surface area contributed by atoms with Crippen LogP contribution in [0.15, 0.2) is 29.4 Å². The van der Waals surface area contributed by atoms with Crippen LogP contribution >= 0.6 is 0 Å². The molecule has 0 rings (SSSR count). The number of nitrogens with zero attached hydrogens (tertiary/aromatic N) is 1. The molecule has 0 bridgehead atoms. The number of aliphatic carboxylic acids is 1. The summed E-state index contributed by atoms with van der Waals surface area (Å²) in [5, 5.41) is 19.2. The molecular weight excluding hydrogens is 241 g/mol. The molecule has 0 aliphatic carbocycles. The second-order valence-electron chi connectivity index (χ2n) is 3.73. The molecule has 18 heavy (non-hydrogen) atoms. The molecule has 0 fully saturated rings. The number of hydrogen-bond acceptors (Lipinski definition) is 3. The molecule has 0 aromatic rings. The zero-order valence-electron chi connectivity index (χ0n) is 11.3. The Morgan fingerprint density at radius 1 is 1.22 bits per heavy atom. The fourth-order valence-corrected chi connectivity index (χ4v) is 1.25. The van der Waals surface area contributed by atoms with Crippen LogP contribution in [0.4, 0.5) is 0 Å². The molecule has 0 saturated heterocycles. The van der Waals surface area contributed by atoms with Crippen LogP contribution in [0, 0.1) is 0 Å². The van der Waals surface area contributed by atoms with Crippen molar-refractivity contribution in [3.05, 3.63) is 24.4 Å². The van der Waals surface area contributed by atoms with Gasteiger partial charge in [-0.1, -0.05) is 38.7 Å². The maximum Gasteiger partial charge on any atom is 1.00 e. The summed E-state index contributed by atoms with van der Waals surface area (Å²) in [6.07, 6.45) is 12.0. The number of carbonyl (C=O) groups is 1. The van der Waals surface area contributed by atoms with Gasteiger partial charge in [-0.05, 0) is 24.8 Å². The van der Waals surface area contributed by atoms with Crippen molar-refractivity contribution in [3.63, 3.8) is 0 Å². The predicted octanol–water partition coefficient (Wildman–Crippen LogP) is -0.736. The molecule has 0 unspecified atom stereocenters. The topological polar surface area (TPSA) is 72.7 Å². The van der Waals surface area contributed by atoms with Crippen LogP contribution in [-0.4, -0.2) is 17.0 Å². The summed E-state index contributed by atoms with van der Waals surface area (Å²) in [4.78, 5) is 13.7. The van der Waals surface area contributed by atoms with E-state index in [0.29, 0.717) is 0 Å². The Bertz CT molecular complexity index is 299. The minimum atomic E-state index is -1.14. The van der Waals surface area contributed by atoms with Crippen molar-refractivity contribution in [1.82, 2.24) is 0 Å². The smallest absolute Gasteiger partial charge is 0.859 e. The van der Waals surface area contributed by atoms with E-state index in [2.05, 4.69) is 11.9 Å². The van der Waals surface area contributed by atoms with Crippen molar-refractivity contribution in [1.29, 1.82) is 0 Å². The number of hydrogen-bond donors (Lipinski definition) is 1. The normalized spacial score (nSPS) is 11.9. The quantitative estimate of drug-likeness (QED) is 0.195. The monoisotopic (exact) mass is 261 g/mol. The molecule has 0 saturated carbocycles. The average molecular weight is 261 g/mol. The van der Waals surface area contributed by atoms with E-state index in [-0.39, 0.29) is 29.6 Å². The van der Waals surface area contributed by atoms with E-state index in [1.807, 2.05) is 6.08 Å². The van der Waals surface area contributed by atoms with Crippen LogP contribution < -0.4 is 34.7 Å². The third kappa shape index (κ3) is 15.4. The maximum atomic E-state index is 11.0. The second-order valence-corrected chi connectivity index (χ2v) is 3.73. The fraction of sp³-hybridized carbons (Fsp3) is 0.538. The van der Waals surface area contributed by atoms with Crippen molar-refractivity contribution >= 4 is 11.9 Å². The molecule has 5 heteroatoms. The van der Waals surface area contributed by atoms with E-state index in [0.717, 1.165) is 25.0 Å². The molecule has 96 valence electrons. The molecule has 0 aliphatic heterocycles. The number of carboxylic acids is 1. The zero-order valence-corrected chi connectivity index (χ0v) is 13.3. The molecule has 0 aliphatic rings. The summed E-state index contributed by atoms with van der Waals surface area (Å²) in [7, 11) is 0. The summed E-state index contributed by atoms with van der Waals surface area (Å²) in [5.74, 6) is -1.69. The van der Waals surface area contributed by atoms with Gasteiger partial charge in [-0.15, -0.1) is 0 Å². The number of carboxylic acid groups (broad SMARTS) is 1. The third-order valence-electron chi connectivity index (χ3n) is 2.15. The summed E-state index contributed by atoms with van der Waals surface area (Å²) >= 11 is 0. The minimum Gasteiger partial charge on any atom is -0.859 e. The van der Waals surface area contributed by atoms with E-state index in [9.17, 15) is 9.90 Å². The number of aliphatic imine (C=N–C) groups is 1. The molecule has 0 amide bonds. The van der Waals surface area contributed by atoms with Crippen LogP contribution in [-0.2, 0) is 4.79 Å². The Kier molecular flexibility index (Phi) is 15.9. The molecule has 4 nitrogen and oxygen atoms in total. The standard InChI is InChI=1S/C13H21NO3.Na/c1-2-3-4-5-6-7-8-11-14-12(15)9-10-13(16)17;/h8-11H,2-7H2,1H3,(H,14,15)(H,16,17);/q;+1/p-1/b10-9+,11-8+;. The molecule has 0 heterocycles. The van der Waals surface area contributed by atoms with E-state index in [1.165, 1.54) is 31.9 Å². The number of allylic oxidation sites excluding steroid dienone is 1. The van der Waals surface area contributed by atoms with Gasteiger partial charge in [0.05, 0.1) is 0 Å². The number of unbranched alkanes of at least 4 members (excludes halogenated alkanes) is 5. The van der Waals surface area contributed by atoms with Crippen LogP contribution in [0.5, 0.6) is 0 Å². The summed E-state index contributed by atoms with van der Waals surface area (Å²) in [6, 6.07) is 0. The first-order valence-electron chi connectivity index (χ1n) is 5.97. The SMILES string of the molecule is CCCCCCC/C=C/N=C([O-])/C=C/C(=O)O.[Na+]. The Morgan fingerprint density at radius 2 is 1.89 bits per heavy atom. The second kappa shape index (κ2) is 14.5. The van der Waals surface area contributed by atoms with E-state index in [1.54, 1.807) is 0 Å². The van der Waals surface area contributed by atoms with E-state index < -0.39 is 11.9 Å². The van der Waals surface area contributed by atoms with Gasteiger partial charge in [-0.25, -0.2) is 4.79 Å². The summed E-state index contributed by atoms with van der Waals surface area (Å²) < 4.78 is 0. The van der Waals surface area contributed by atoms with Gasteiger partial charge in [0, 0.05) is 12.3 Å². The van der Waals surface area contributed by atoms with Gasteiger partial charge in [0.15, 0.2) is 0 Å². The zero-order chi connectivity index (χ0) is 12.9. The van der Waals surface area contributed by atoms with Crippen molar-refractivity contribution in [2.24, 2.45) is 4.99 Å². The Morgan fingerprint density at radius 3 is 2.50 bits per heavy atom. The largest absolute Gasteiger partial charge is 1.00 e. The molecule has 0 radical (unpaired) electrons. The van der Waals surface area contributed by atoms with Crippen LogP contribution in [0.25, 0.3) is 0 Å². The van der Waals surface area contributed by atoms with E-state index in [4.69, 9.17) is 5.11 Å². The van der Waals surface area contributed by atoms with Crippen LogP contribution in [0.3, 0.4) is 0 Å². The number of rotatable bonds is 9. The van der Waals surface area contributed by atoms with Gasteiger partial charge >= 0.3 is 35.5 Å². The maximum absolute atomic E-state index is 11.0. The Labute approximate surface area is 131 Å². The summed E-state index contributed by atoms with van der Waals surface area (Å²) in [6.45, 7) is 2.18. The molecule has 1 N–H and O–H groups in total. The molecule has 0 atom stereocenters. The van der Waals surface area contributed by atoms with Crippen molar-refractivity contribution in [2.75, 3.05) is 0 Å². The first-order chi connectivity index (χ1) is 8.16. The van der Waals surface area contributed by atoms with Gasteiger partial charge in [0.2, 0.25) is 0 Å². The first kappa shape index (κ1) is 19.8. The van der Waals surface area contributed by atoms with E-state index >= 15 is 0 Å². The first-order valence-corrected chi connectivity index (χ1v) is 5.97. The van der Waals surface area contributed by atoms with Crippen molar-refractivity contribution < 1.29 is 44.6 Å². The molecule has 0 aromatic heterocycles. The van der Waals surface area contributed by atoms with Gasteiger partial charge in [0.25, 0.3) is 0 Å². The molecule has 0 spiro atoms. The van der Waals surface area contributed by atoms with Crippen molar-refractivity contribution in [3.8, 4) is 0 Å². The minimum absolute atomic E-state index is 0. The van der Waals surface area contributed by atoms with Crippen LogP contribution in [0.2, 0.25) is 0 Å². The average Bonchev–Trinajstić information content (AvgIpc) is 2.30. The van der Waals surface area contributed by atoms with Gasteiger partial charge in [-0.3, -0.25) is 4.99 Å². The predicted molar refractivity (Wildman–Crippen MR) is 66.7 cm³/mol. The third-order valence-corrected chi connectivity index (χ3v) is 2.15. The fourth-order valence-electron chi connectivity index (χ4n) is 1.25. The summed E-state index contributed by atoms with van der Waals surface area (Å²) in [5.41, 5.74) is 0.